The highest BCUT2D eigenvalue weighted by molar-refractivity contribution is 6.15. The number of methoxy groups -OCH3 is 1. The third-order valence-corrected chi connectivity index (χ3v) is 5.94. The molecule has 0 bridgehead atoms. The molecule has 4 rings (SSSR count). The minimum absolute atomic E-state index is 0.00130. The molecule has 3 heterocycles. The molecule has 8 heteroatoms. The van der Waals surface area contributed by atoms with Crippen molar-refractivity contribution < 1.29 is 23.5 Å². The van der Waals surface area contributed by atoms with E-state index in [2.05, 4.69) is 10.6 Å². The van der Waals surface area contributed by atoms with Crippen LogP contribution < -0.4 is 10.6 Å². The standard InChI is InChI=1S/C19H22FN3O4/c1-9(2)15-13-14(17(25)23(16(13)24)6-7-27-3)19(22-15)11-8-10(20)4-5-12(11)21-18(19)26/h4-5,8-9,13-15,22H,6-7H2,1-3H3,(H,21,26)/t13-,14-,15+,19-/m0/s1. The summed E-state index contributed by atoms with van der Waals surface area (Å²) in [4.78, 5) is 40.5. The first-order valence-corrected chi connectivity index (χ1v) is 9.06. The van der Waals surface area contributed by atoms with Crippen molar-refractivity contribution in [1.82, 2.24) is 10.2 Å². The van der Waals surface area contributed by atoms with Crippen LogP contribution in [0.1, 0.15) is 19.4 Å². The molecule has 3 aliphatic rings. The second-order valence-electron chi connectivity index (χ2n) is 7.69. The van der Waals surface area contributed by atoms with Crippen molar-refractivity contribution in [1.29, 1.82) is 0 Å². The highest BCUT2D eigenvalue weighted by Crippen LogP contribution is 2.53. The van der Waals surface area contributed by atoms with Crippen molar-refractivity contribution in [3.8, 4) is 0 Å². The van der Waals surface area contributed by atoms with Crippen molar-refractivity contribution in [3.05, 3.63) is 29.6 Å². The molecule has 7 nitrogen and oxygen atoms in total. The van der Waals surface area contributed by atoms with E-state index < -0.39 is 35.0 Å². The number of ether oxygens (including phenoxy) is 1. The van der Waals surface area contributed by atoms with Crippen LogP contribution in [0.3, 0.4) is 0 Å². The fourth-order valence-corrected chi connectivity index (χ4v) is 4.74. The number of carbonyl (C=O) groups is 3. The first-order chi connectivity index (χ1) is 12.8. The summed E-state index contributed by atoms with van der Waals surface area (Å²) in [6.45, 7) is 4.23. The number of nitrogens with one attached hydrogen (secondary N) is 2. The van der Waals surface area contributed by atoms with E-state index in [1.165, 1.54) is 30.2 Å². The largest absolute Gasteiger partial charge is 0.383 e. The van der Waals surface area contributed by atoms with Crippen LogP contribution in [0.5, 0.6) is 0 Å². The number of amides is 3. The zero-order chi connectivity index (χ0) is 19.5. The number of fused-ring (bicyclic) bond motifs is 4. The molecule has 1 aromatic rings. The first-order valence-electron chi connectivity index (χ1n) is 9.06. The molecule has 3 amide bonds. The van der Waals surface area contributed by atoms with Gasteiger partial charge in [-0.3, -0.25) is 24.6 Å². The van der Waals surface area contributed by atoms with Crippen LogP contribution in [0, 0.1) is 23.6 Å². The third-order valence-electron chi connectivity index (χ3n) is 5.94. The molecule has 0 unspecified atom stereocenters. The first kappa shape index (κ1) is 18.1. The maximum atomic E-state index is 14.0. The van der Waals surface area contributed by atoms with Crippen LogP contribution in [0.15, 0.2) is 18.2 Å². The summed E-state index contributed by atoms with van der Waals surface area (Å²) in [5.41, 5.74) is -0.584. The van der Waals surface area contributed by atoms with Gasteiger partial charge in [-0.25, -0.2) is 4.39 Å². The van der Waals surface area contributed by atoms with Gasteiger partial charge < -0.3 is 10.1 Å². The van der Waals surface area contributed by atoms with Crippen LogP contribution >= 0.6 is 0 Å². The zero-order valence-corrected chi connectivity index (χ0v) is 15.4. The molecule has 0 aliphatic carbocycles. The second-order valence-corrected chi connectivity index (χ2v) is 7.69. The predicted octanol–water partition coefficient (Wildman–Crippen LogP) is 0.849. The number of likely N-dealkylation sites (tertiary alicyclic amines) is 1. The van der Waals surface area contributed by atoms with Crippen LogP contribution in [0.2, 0.25) is 0 Å². The van der Waals surface area contributed by atoms with Gasteiger partial charge in [0.1, 0.15) is 11.4 Å². The highest BCUT2D eigenvalue weighted by atomic mass is 19.1. The Morgan fingerprint density at radius 3 is 2.67 bits per heavy atom. The Hall–Kier alpha value is -2.32. The van der Waals surface area contributed by atoms with Gasteiger partial charge in [-0.05, 0) is 24.1 Å². The summed E-state index contributed by atoms with van der Waals surface area (Å²) >= 11 is 0. The fraction of sp³-hybridized carbons (Fsp3) is 0.526. The van der Waals surface area contributed by atoms with Crippen LogP contribution in [-0.4, -0.2) is 48.9 Å². The molecule has 1 aromatic carbocycles. The summed E-state index contributed by atoms with van der Waals surface area (Å²) < 4.78 is 19.0. The minimum atomic E-state index is -1.44. The highest BCUT2D eigenvalue weighted by Gasteiger charge is 2.70. The molecule has 2 saturated heterocycles. The van der Waals surface area contributed by atoms with Crippen LogP contribution in [-0.2, 0) is 24.7 Å². The summed E-state index contributed by atoms with van der Waals surface area (Å²) in [7, 11) is 1.50. The molecular formula is C19H22FN3O4. The van der Waals surface area contributed by atoms with E-state index in [1.807, 2.05) is 13.8 Å². The number of nitrogens with zero attached hydrogens (tertiary/aromatic N) is 1. The number of hydrogen-bond acceptors (Lipinski definition) is 5. The number of hydrogen-bond donors (Lipinski definition) is 2. The van der Waals surface area contributed by atoms with Crippen LogP contribution in [0.25, 0.3) is 0 Å². The Bertz CT molecular complexity index is 842. The lowest BCUT2D eigenvalue weighted by molar-refractivity contribution is -0.143. The number of rotatable bonds is 4. The van der Waals surface area contributed by atoms with Crippen molar-refractivity contribution in [2.45, 2.75) is 25.4 Å². The fourth-order valence-electron chi connectivity index (χ4n) is 4.74. The van der Waals surface area contributed by atoms with Crippen molar-refractivity contribution >= 4 is 23.4 Å². The zero-order valence-electron chi connectivity index (χ0n) is 15.4. The molecule has 1 spiro atoms. The van der Waals surface area contributed by atoms with E-state index in [4.69, 9.17) is 4.74 Å². The molecule has 4 atom stereocenters. The molecule has 2 N–H and O–H groups in total. The van der Waals surface area contributed by atoms with Gasteiger partial charge >= 0.3 is 0 Å². The van der Waals surface area contributed by atoms with Gasteiger partial charge in [-0.2, -0.15) is 0 Å². The van der Waals surface area contributed by atoms with Crippen LogP contribution in [0.4, 0.5) is 10.1 Å². The van der Waals surface area contributed by atoms with Crippen molar-refractivity contribution in [3.63, 3.8) is 0 Å². The average molecular weight is 375 g/mol. The van der Waals surface area contributed by atoms with E-state index in [9.17, 15) is 18.8 Å². The second kappa shape index (κ2) is 6.10. The SMILES string of the molecule is COCCN1C(=O)[C@@H]2[C@@H](C(C)C)N[C@]3(C(=O)Nc4ccc(F)cc43)[C@@H]2C1=O. The van der Waals surface area contributed by atoms with E-state index >= 15 is 0 Å². The Kier molecular flexibility index (Phi) is 4.08. The normalized spacial score (nSPS) is 31.8. The van der Waals surface area contributed by atoms with Gasteiger partial charge in [0, 0.05) is 24.4 Å². The summed E-state index contributed by atoms with van der Waals surface area (Å²) in [6, 6.07) is 3.65. The summed E-state index contributed by atoms with van der Waals surface area (Å²) in [6.07, 6.45) is 0. The number of carbonyl (C=O) groups excluding carboxylic acids is 3. The number of imide groups is 1. The molecular weight excluding hydrogens is 353 g/mol. The predicted molar refractivity (Wildman–Crippen MR) is 94.0 cm³/mol. The maximum Gasteiger partial charge on any atom is 0.250 e. The Labute approximate surface area is 156 Å². The lowest BCUT2D eigenvalue weighted by Crippen LogP contribution is -2.54. The third kappa shape index (κ3) is 2.29. The Morgan fingerprint density at radius 2 is 2.00 bits per heavy atom. The smallest absolute Gasteiger partial charge is 0.250 e. The number of anilines is 1. The number of benzene rings is 1. The van der Waals surface area contributed by atoms with E-state index in [0.29, 0.717) is 11.3 Å². The van der Waals surface area contributed by atoms with Crippen molar-refractivity contribution in [2.24, 2.45) is 17.8 Å². The quantitative estimate of drug-likeness (QED) is 0.762. The van der Waals surface area contributed by atoms with Gasteiger partial charge in [0.2, 0.25) is 17.7 Å². The Balaban J connectivity index is 1.86. The molecule has 2 fully saturated rings. The monoisotopic (exact) mass is 375 g/mol. The maximum absolute atomic E-state index is 14.0. The summed E-state index contributed by atoms with van der Waals surface area (Å²) in [5, 5.41) is 6.01. The van der Waals surface area contributed by atoms with Gasteiger partial charge in [-0.1, -0.05) is 13.8 Å². The van der Waals surface area contributed by atoms with Gasteiger partial charge in [0.25, 0.3) is 0 Å². The van der Waals surface area contributed by atoms with E-state index in [0.717, 1.165) is 0 Å². The van der Waals surface area contributed by atoms with Crippen molar-refractivity contribution in [2.75, 3.05) is 25.6 Å². The average Bonchev–Trinajstić information content (AvgIpc) is 3.20. The summed E-state index contributed by atoms with van der Waals surface area (Å²) in [5.74, 6) is -3.21. The minimum Gasteiger partial charge on any atom is -0.383 e. The Morgan fingerprint density at radius 1 is 1.26 bits per heavy atom. The molecule has 0 radical (unpaired) electrons. The lowest BCUT2D eigenvalue weighted by atomic mass is 9.76. The van der Waals surface area contributed by atoms with Gasteiger partial charge in [0.05, 0.1) is 25.0 Å². The lowest BCUT2D eigenvalue weighted by Gasteiger charge is -2.30. The molecule has 0 aromatic heterocycles. The van der Waals surface area contributed by atoms with E-state index in [-0.39, 0.29) is 31.0 Å². The topological polar surface area (TPSA) is 87.7 Å². The van der Waals surface area contributed by atoms with Gasteiger partial charge in [-0.15, -0.1) is 0 Å². The molecule has 144 valence electrons. The molecule has 3 aliphatic heterocycles. The molecule has 0 saturated carbocycles. The molecule has 27 heavy (non-hydrogen) atoms. The van der Waals surface area contributed by atoms with Gasteiger partial charge in [0.15, 0.2) is 0 Å². The van der Waals surface area contributed by atoms with E-state index in [1.54, 1.807) is 0 Å². The number of halogens is 1.